The van der Waals surface area contributed by atoms with Gasteiger partial charge in [-0.3, -0.25) is 14.9 Å². The van der Waals surface area contributed by atoms with Gasteiger partial charge in [0.15, 0.2) is 11.5 Å². The SMILES string of the molecule is COc1cc(C(=O)Nc2ccc(F)cc2[N+](=O)[O-])cc(OC)c1OC. The van der Waals surface area contributed by atoms with Gasteiger partial charge >= 0.3 is 0 Å². The van der Waals surface area contributed by atoms with Crippen molar-refractivity contribution < 1.29 is 28.3 Å². The lowest BCUT2D eigenvalue weighted by Crippen LogP contribution is -2.14. The standard InChI is InChI=1S/C16H15FN2O6/c1-23-13-6-9(7-14(24-2)15(13)25-3)16(20)18-11-5-4-10(17)8-12(11)19(21)22/h4-8H,1-3H3,(H,18,20). The number of halogens is 1. The van der Waals surface area contributed by atoms with Gasteiger partial charge in [-0.15, -0.1) is 0 Å². The largest absolute Gasteiger partial charge is 0.493 e. The minimum Gasteiger partial charge on any atom is -0.493 e. The zero-order valence-corrected chi connectivity index (χ0v) is 13.7. The molecule has 2 aromatic rings. The molecule has 9 heteroatoms. The van der Waals surface area contributed by atoms with Gasteiger partial charge in [0.2, 0.25) is 5.75 Å². The molecule has 0 aromatic heterocycles. The Morgan fingerprint density at radius 1 is 1.08 bits per heavy atom. The van der Waals surface area contributed by atoms with Crippen LogP contribution in [0.4, 0.5) is 15.8 Å². The number of nitro benzene ring substituents is 1. The van der Waals surface area contributed by atoms with E-state index in [9.17, 15) is 19.3 Å². The number of methoxy groups -OCH3 is 3. The molecule has 0 saturated carbocycles. The summed E-state index contributed by atoms with van der Waals surface area (Å²) < 4.78 is 28.7. The van der Waals surface area contributed by atoms with Crippen molar-refractivity contribution in [1.29, 1.82) is 0 Å². The van der Waals surface area contributed by atoms with Crippen LogP contribution in [0, 0.1) is 15.9 Å². The molecule has 0 atom stereocenters. The Bertz CT molecular complexity index is 799. The van der Waals surface area contributed by atoms with E-state index in [1.165, 1.54) is 33.5 Å². The number of carbonyl (C=O) groups excluding carboxylic acids is 1. The van der Waals surface area contributed by atoms with Crippen LogP contribution in [-0.4, -0.2) is 32.2 Å². The Balaban J connectivity index is 2.41. The molecule has 0 saturated heterocycles. The number of nitrogens with one attached hydrogen (secondary N) is 1. The fraction of sp³-hybridized carbons (Fsp3) is 0.188. The predicted octanol–water partition coefficient (Wildman–Crippen LogP) is 3.01. The van der Waals surface area contributed by atoms with E-state index in [1.54, 1.807) is 0 Å². The second-order valence-corrected chi connectivity index (χ2v) is 4.79. The Labute approximate surface area is 142 Å². The van der Waals surface area contributed by atoms with E-state index in [4.69, 9.17) is 14.2 Å². The lowest BCUT2D eigenvalue weighted by Gasteiger charge is -2.14. The van der Waals surface area contributed by atoms with Gasteiger partial charge in [0.1, 0.15) is 11.5 Å². The molecule has 2 aromatic carbocycles. The second kappa shape index (κ2) is 7.47. The van der Waals surface area contributed by atoms with E-state index in [2.05, 4.69) is 5.32 Å². The minimum atomic E-state index is -0.784. The summed E-state index contributed by atoms with van der Waals surface area (Å²) >= 11 is 0. The summed E-state index contributed by atoms with van der Waals surface area (Å²) in [6.45, 7) is 0. The van der Waals surface area contributed by atoms with Crippen molar-refractivity contribution in [2.45, 2.75) is 0 Å². The fourth-order valence-electron chi connectivity index (χ4n) is 2.17. The van der Waals surface area contributed by atoms with Crippen molar-refractivity contribution in [2.24, 2.45) is 0 Å². The summed E-state index contributed by atoms with van der Waals surface area (Å²) in [5, 5.41) is 13.4. The molecular formula is C16H15FN2O6. The zero-order chi connectivity index (χ0) is 18.6. The third-order valence-corrected chi connectivity index (χ3v) is 3.33. The number of hydrogen-bond donors (Lipinski definition) is 1. The zero-order valence-electron chi connectivity index (χ0n) is 13.7. The molecule has 132 valence electrons. The first-order valence-electron chi connectivity index (χ1n) is 6.96. The molecule has 0 bridgehead atoms. The molecule has 0 aliphatic rings. The highest BCUT2D eigenvalue weighted by Crippen LogP contribution is 2.38. The molecule has 0 heterocycles. The summed E-state index contributed by atoms with van der Waals surface area (Å²) in [5.74, 6) is -0.637. The second-order valence-electron chi connectivity index (χ2n) is 4.79. The number of nitro groups is 1. The summed E-state index contributed by atoms with van der Waals surface area (Å²) in [4.78, 5) is 22.7. The molecule has 0 spiro atoms. The molecule has 0 radical (unpaired) electrons. The van der Waals surface area contributed by atoms with Gasteiger partial charge in [0, 0.05) is 5.56 Å². The molecule has 1 N–H and O–H groups in total. The number of rotatable bonds is 6. The quantitative estimate of drug-likeness (QED) is 0.635. The van der Waals surface area contributed by atoms with Crippen molar-refractivity contribution in [3.8, 4) is 17.2 Å². The maximum Gasteiger partial charge on any atom is 0.295 e. The van der Waals surface area contributed by atoms with Crippen molar-refractivity contribution in [3.63, 3.8) is 0 Å². The fourth-order valence-corrected chi connectivity index (χ4v) is 2.17. The van der Waals surface area contributed by atoms with Crippen LogP contribution in [0.3, 0.4) is 0 Å². The first-order chi connectivity index (χ1) is 11.9. The van der Waals surface area contributed by atoms with Crippen molar-refractivity contribution >= 4 is 17.3 Å². The highest BCUT2D eigenvalue weighted by atomic mass is 19.1. The van der Waals surface area contributed by atoms with E-state index in [1.807, 2.05) is 0 Å². The van der Waals surface area contributed by atoms with Crippen LogP contribution in [-0.2, 0) is 0 Å². The number of nitrogens with zero attached hydrogens (tertiary/aromatic N) is 1. The topological polar surface area (TPSA) is 99.9 Å². The van der Waals surface area contributed by atoms with Gasteiger partial charge < -0.3 is 19.5 Å². The van der Waals surface area contributed by atoms with Crippen LogP contribution >= 0.6 is 0 Å². The van der Waals surface area contributed by atoms with E-state index in [0.29, 0.717) is 5.75 Å². The number of carbonyl (C=O) groups is 1. The van der Waals surface area contributed by atoms with Crippen LogP contribution in [0.5, 0.6) is 17.2 Å². The predicted molar refractivity (Wildman–Crippen MR) is 87.1 cm³/mol. The molecule has 1 amide bonds. The van der Waals surface area contributed by atoms with Gasteiger partial charge in [-0.2, -0.15) is 0 Å². The molecule has 0 aliphatic heterocycles. The molecule has 25 heavy (non-hydrogen) atoms. The summed E-state index contributed by atoms with van der Waals surface area (Å²) in [6.07, 6.45) is 0. The molecule has 0 fully saturated rings. The summed E-state index contributed by atoms with van der Waals surface area (Å²) in [7, 11) is 4.20. The maximum absolute atomic E-state index is 13.2. The average molecular weight is 350 g/mol. The number of anilines is 1. The smallest absolute Gasteiger partial charge is 0.295 e. The summed E-state index contributed by atoms with van der Waals surface area (Å²) in [6, 6.07) is 5.64. The van der Waals surface area contributed by atoms with Gasteiger partial charge in [-0.05, 0) is 24.3 Å². The van der Waals surface area contributed by atoms with E-state index < -0.39 is 22.3 Å². The average Bonchev–Trinajstić information content (AvgIpc) is 2.61. The Hall–Kier alpha value is -3.36. The first-order valence-corrected chi connectivity index (χ1v) is 6.96. The third-order valence-electron chi connectivity index (χ3n) is 3.33. The molecular weight excluding hydrogens is 335 g/mol. The highest BCUT2D eigenvalue weighted by Gasteiger charge is 2.20. The number of amides is 1. The van der Waals surface area contributed by atoms with Crippen LogP contribution < -0.4 is 19.5 Å². The van der Waals surface area contributed by atoms with E-state index >= 15 is 0 Å². The van der Waals surface area contributed by atoms with Crippen LogP contribution in [0.2, 0.25) is 0 Å². The van der Waals surface area contributed by atoms with E-state index in [-0.39, 0.29) is 22.7 Å². The van der Waals surface area contributed by atoms with Gasteiger partial charge in [0.25, 0.3) is 11.6 Å². The van der Waals surface area contributed by atoms with Crippen LogP contribution in [0.15, 0.2) is 30.3 Å². The maximum atomic E-state index is 13.2. The van der Waals surface area contributed by atoms with E-state index in [0.717, 1.165) is 18.2 Å². The molecule has 2 rings (SSSR count). The van der Waals surface area contributed by atoms with Crippen molar-refractivity contribution in [2.75, 3.05) is 26.6 Å². The molecule has 0 aliphatic carbocycles. The Morgan fingerprint density at radius 2 is 1.68 bits per heavy atom. The Kier molecular flexibility index (Phi) is 5.38. The first kappa shape index (κ1) is 18.0. The lowest BCUT2D eigenvalue weighted by atomic mass is 10.1. The molecule has 0 unspecified atom stereocenters. The summed E-state index contributed by atoms with van der Waals surface area (Å²) in [5.41, 5.74) is -0.570. The van der Waals surface area contributed by atoms with Gasteiger partial charge in [0.05, 0.1) is 32.3 Å². The number of benzene rings is 2. The monoisotopic (exact) mass is 350 g/mol. The van der Waals surface area contributed by atoms with Crippen LogP contribution in [0.1, 0.15) is 10.4 Å². The van der Waals surface area contributed by atoms with Crippen molar-refractivity contribution in [1.82, 2.24) is 0 Å². The minimum absolute atomic E-state index is 0.119. The van der Waals surface area contributed by atoms with Crippen molar-refractivity contribution in [3.05, 3.63) is 51.8 Å². The normalized spacial score (nSPS) is 10.1. The lowest BCUT2D eigenvalue weighted by molar-refractivity contribution is -0.384. The number of ether oxygens (including phenoxy) is 3. The number of hydrogen-bond acceptors (Lipinski definition) is 6. The van der Waals surface area contributed by atoms with Gasteiger partial charge in [-0.25, -0.2) is 4.39 Å². The Morgan fingerprint density at radius 3 is 2.16 bits per heavy atom. The van der Waals surface area contributed by atoms with Crippen LogP contribution in [0.25, 0.3) is 0 Å². The van der Waals surface area contributed by atoms with Gasteiger partial charge in [-0.1, -0.05) is 0 Å². The molecule has 8 nitrogen and oxygen atoms in total. The highest BCUT2D eigenvalue weighted by molar-refractivity contribution is 6.06. The third kappa shape index (κ3) is 3.77.